The van der Waals surface area contributed by atoms with Gasteiger partial charge < -0.3 is 10.6 Å². The predicted octanol–water partition coefficient (Wildman–Crippen LogP) is 4.71. The summed E-state index contributed by atoms with van der Waals surface area (Å²) in [5.74, 6) is -0.290. The molecule has 0 bridgehead atoms. The highest BCUT2D eigenvalue weighted by Crippen LogP contribution is 2.28. The monoisotopic (exact) mass is 342 g/mol. The molecule has 4 nitrogen and oxygen atoms in total. The molecule has 0 atom stereocenters. The molecule has 0 fully saturated rings. The number of carbonyl (C=O) groups excluding carboxylic acids is 2. The van der Waals surface area contributed by atoms with Gasteiger partial charge in [-0.1, -0.05) is 32.0 Å². The van der Waals surface area contributed by atoms with Crippen LogP contribution in [-0.4, -0.2) is 17.1 Å². The van der Waals surface area contributed by atoms with Crippen molar-refractivity contribution in [1.29, 1.82) is 0 Å². The zero-order valence-electron chi connectivity index (χ0n) is 14.3. The summed E-state index contributed by atoms with van der Waals surface area (Å²) in [6, 6.07) is 13.0. The van der Waals surface area contributed by atoms with Crippen LogP contribution in [0.5, 0.6) is 0 Å². The molecule has 0 saturated carbocycles. The first-order chi connectivity index (χ1) is 11.4. The number of carbonyl (C=O) groups is 2. The molecular weight excluding hydrogens is 320 g/mol. The van der Waals surface area contributed by atoms with E-state index in [1.54, 1.807) is 11.8 Å². The van der Waals surface area contributed by atoms with Gasteiger partial charge in [-0.25, -0.2) is 0 Å². The van der Waals surface area contributed by atoms with E-state index in [9.17, 15) is 9.59 Å². The fourth-order valence-electron chi connectivity index (χ4n) is 2.30. The van der Waals surface area contributed by atoms with Crippen LogP contribution in [0.2, 0.25) is 0 Å². The highest BCUT2D eigenvalue weighted by Gasteiger charge is 2.14. The van der Waals surface area contributed by atoms with Crippen molar-refractivity contribution in [1.82, 2.24) is 0 Å². The summed E-state index contributed by atoms with van der Waals surface area (Å²) in [5, 5.41) is 6.11. The average molecular weight is 342 g/mol. The second-order valence-corrected chi connectivity index (χ2v) is 7.39. The van der Waals surface area contributed by atoms with E-state index >= 15 is 0 Å². The molecule has 2 aromatic rings. The molecule has 0 aliphatic carbocycles. The van der Waals surface area contributed by atoms with Crippen LogP contribution in [0.1, 0.15) is 36.7 Å². The second-order valence-electron chi connectivity index (χ2n) is 5.78. The first-order valence-corrected chi connectivity index (χ1v) is 8.70. The number of nitrogens with one attached hydrogen (secondary N) is 2. The molecule has 5 heteroatoms. The van der Waals surface area contributed by atoms with Gasteiger partial charge >= 0.3 is 0 Å². The summed E-state index contributed by atoms with van der Waals surface area (Å²) in [6.45, 7) is 7.53. The number of benzene rings is 2. The molecule has 2 aromatic carbocycles. The molecule has 24 heavy (non-hydrogen) atoms. The van der Waals surface area contributed by atoms with Crippen molar-refractivity contribution in [2.24, 2.45) is 0 Å². The van der Waals surface area contributed by atoms with Gasteiger partial charge in [0.15, 0.2) is 0 Å². The first kappa shape index (κ1) is 18.1. The number of hydrogen-bond acceptors (Lipinski definition) is 3. The van der Waals surface area contributed by atoms with E-state index < -0.39 is 0 Å². The van der Waals surface area contributed by atoms with Crippen molar-refractivity contribution in [3.05, 3.63) is 53.6 Å². The lowest BCUT2D eigenvalue weighted by atomic mass is 10.1. The van der Waals surface area contributed by atoms with Gasteiger partial charge in [-0.3, -0.25) is 9.59 Å². The SMILES string of the molecule is CC(=O)Nc1cccc(NC(=O)c2ccccc2SC(C)C)c1C. The molecule has 0 aliphatic heterocycles. The van der Waals surface area contributed by atoms with Crippen molar-refractivity contribution in [2.45, 2.75) is 37.8 Å². The fraction of sp³-hybridized carbons (Fsp3) is 0.263. The Morgan fingerprint density at radius 3 is 2.21 bits per heavy atom. The van der Waals surface area contributed by atoms with Crippen LogP contribution in [0.15, 0.2) is 47.4 Å². The Balaban J connectivity index is 2.26. The third kappa shape index (κ3) is 4.61. The lowest BCUT2D eigenvalue weighted by molar-refractivity contribution is -0.114. The topological polar surface area (TPSA) is 58.2 Å². The summed E-state index contributed by atoms with van der Waals surface area (Å²) >= 11 is 1.66. The molecule has 126 valence electrons. The van der Waals surface area contributed by atoms with Crippen LogP contribution in [0.3, 0.4) is 0 Å². The maximum atomic E-state index is 12.7. The summed E-state index contributed by atoms with van der Waals surface area (Å²) in [4.78, 5) is 24.9. The van der Waals surface area contributed by atoms with E-state index in [2.05, 4.69) is 24.5 Å². The largest absolute Gasteiger partial charge is 0.326 e. The van der Waals surface area contributed by atoms with Crippen molar-refractivity contribution < 1.29 is 9.59 Å². The van der Waals surface area contributed by atoms with Gasteiger partial charge in [-0.15, -0.1) is 11.8 Å². The third-order valence-corrected chi connectivity index (χ3v) is 4.47. The standard InChI is InChI=1S/C19H22N2O2S/c1-12(2)24-18-11-6-5-8-15(18)19(23)21-17-10-7-9-16(13(17)3)20-14(4)22/h5-12H,1-4H3,(H,20,22)(H,21,23). The summed E-state index contributed by atoms with van der Waals surface area (Å²) in [5.41, 5.74) is 2.87. The lowest BCUT2D eigenvalue weighted by Gasteiger charge is -2.14. The highest BCUT2D eigenvalue weighted by atomic mass is 32.2. The number of hydrogen-bond donors (Lipinski definition) is 2. The molecule has 0 aliphatic rings. The minimum absolute atomic E-state index is 0.139. The van der Waals surface area contributed by atoms with Crippen LogP contribution in [-0.2, 0) is 4.79 Å². The Hall–Kier alpha value is -2.27. The van der Waals surface area contributed by atoms with E-state index in [0.717, 1.165) is 10.5 Å². The molecule has 0 saturated heterocycles. The Bertz CT molecular complexity index is 757. The smallest absolute Gasteiger partial charge is 0.256 e. The molecule has 0 heterocycles. The summed E-state index contributed by atoms with van der Waals surface area (Å²) in [6.07, 6.45) is 0. The van der Waals surface area contributed by atoms with E-state index in [4.69, 9.17) is 0 Å². The van der Waals surface area contributed by atoms with Crippen LogP contribution in [0, 0.1) is 6.92 Å². The number of thioether (sulfide) groups is 1. The van der Waals surface area contributed by atoms with E-state index in [-0.39, 0.29) is 11.8 Å². The lowest BCUT2D eigenvalue weighted by Crippen LogP contribution is -2.15. The minimum atomic E-state index is -0.151. The molecule has 2 amide bonds. The fourth-order valence-corrected chi connectivity index (χ4v) is 3.25. The minimum Gasteiger partial charge on any atom is -0.326 e. The van der Waals surface area contributed by atoms with Gasteiger partial charge in [-0.2, -0.15) is 0 Å². The zero-order chi connectivity index (χ0) is 17.7. The quantitative estimate of drug-likeness (QED) is 0.774. The van der Waals surface area contributed by atoms with E-state index in [1.165, 1.54) is 6.92 Å². The van der Waals surface area contributed by atoms with Gasteiger partial charge in [0, 0.05) is 28.4 Å². The van der Waals surface area contributed by atoms with Crippen LogP contribution in [0.25, 0.3) is 0 Å². The van der Waals surface area contributed by atoms with Gasteiger partial charge in [-0.05, 0) is 36.8 Å². The average Bonchev–Trinajstić information content (AvgIpc) is 2.50. The van der Waals surface area contributed by atoms with Crippen LogP contribution in [0.4, 0.5) is 11.4 Å². The second kappa shape index (κ2) is 8.02. The normalized spacial score (nSPS) is 10.5. The number of amides is 2. The molecule has 0 unspecified atom stereocenters. The molecule has 2 N–H and O–H groups in total. The third-order valence-electron chi connectivity index (χ3n) is 3.39. The zero-order valence-corrected chi connectivity index (χ0v) is 15.2. The maximum absolute atomic E-state index is 12.7. The van der Waals surface area contributed by atoms with Crippen LogP contribution < -0.4 is 10.6 Å². The Kier molecular flexibility index (Phi) is 6.04. The first-order valence-electron chi connectivity index (χ1n) is 7.82. The van der Waals surface area contributed by atoms with E-state index in [0.29, 0.717) is 22.2 Å². The number of rotatable bonds is 5. The Labute approximate surface area is 147 Å². The van der Waals surface area contributed by atoms with Crippen molar-refractivity contribution >= 4 is 35.0 Å². The van der Waals surface area contributed by atoms with Gasteiger partial charge in [0.1, 0.15) is 0 Å². The van der Waals surface area contributed by atoms with Crippen LogP contribution >= 0.6 is 11.8 Å². The maximum Gasteiger partial charge on any atom is 0.256 e. The van der Waals surface area contributed by atoms with E-state index in [1.807, 2.05) is 49.4 Å². The molecular formula is C19H22N2O2S. The summed E-state index contributed by atoms with van der Waals surface area (Å²) < 4.78 is 0. The van der Waals surface area contributed by atoms with Crippen molar-refractivity contribution in [3.63, 3.8) is 0 Å². The molecule has 2 rings (SSSR count). The van der Waals surface area contributed by atoms with Crippen molar-refractivity contribution in [2.75, 3.05) is 10.6 Å². The van der Waals surface area contributed by atoms with Gasteiger partial charge in [0.25, 0.3) is 5.91 Å². The molecule has 0 spiro atoms. The predicted molar refractivity (Wildman–Crippen MR) is 101 cm³/mol. The highest BCUT2D eigenvalue weighted by molar-refractivity contribution is 8.00. The van der Waals surface area contributed by atoms with Gasteiger partial charge in [0.05, 0.1) is 5.56 Å². The van der Waals surface area contributed by atoms with Crippen molar-refractivity contribution in [3.8, 4) is 0 Å². The molecule has 0 radical (unpaired) electrons. The summed E-state index contributed by atoms with van der Waals surface area (Å²) in [7, 11) is 0. The van der Waals surface area contributed by atoms with Gasteiger partial charge in [0.2, 0.25) is 5.91 Å². The Morgan fingerprint density at radius 1 is 0.958 bits per heavy atom. The number of anilines is 2. The Morgan fingerprint density at radius 2 is 1.58 bits per heavy atom. The molecule has 0 aromatic heterocycles.